The van der Waals surface area contributed by atoms with Crippen LogP contribution >= 0.6 is 23.1 Å². The number of nitro groups is 1. The zero-order chi connectivity index (χ0) is 27.2. The van der Waals surface area contributed by atoms with Gasteiger partial charge < -0.3 is 15.2 Å². The highest BCUT2D eigenvalue weighted by atomic mass is 32.2. The first kappa shape index (κ1) is 26.9. The number of aromatic nitrogens is 4. The number of anilines is 1. The number of aryl methyl sites for hydroxylation is 1. The first-order valence-electron chi connectivity index (χ1n) is 11.7. The molecule has 196 valence electrons. The van der Waals surface area contributed by atoms with E-state index in [1.165, 1.54) is 35.2 Å². The second kappa shape index (κ2) is 12.0. The van der Waals surface area contributed by atoms with Crippen LogP contribution in [0.25, 0.3) is 11.3 Å². The molecule has 0 radical (unpaired) electrons. The fourth-order valence-electron chi connectivity index (χ4n) is 3.60. The second-order valence-electron chi connectivity index (χ2n) is 8.33. The third kappa shape index (κ3) is 6.42. The number of thioether (sulfide) groups is 1. The molecular formula is C25H25N7O4S2. The molecule has 4 rings (SSSR count). The van der Waals surface area contributed by atoms with Crippen molar-refractivity contribution >= 4 is 45.7 Å². The van der Waals surface area contributed by atoms with Crippen molar-refractivity contribution in [3.8, 4) is 11.3 Å². The summed E-state index contributed by atoms with van der Waals surface area (Å²) in [6, 6.07) is 13.1. The van der Waals surface area contributed by atoms with Gasteiger partial charge >= 0.3 is 0 Å². The van der Waals surface area contributed by atoms with Crippen molar-refractivity contribution in [1.82, 2.24) is 25.1 Å². The van der Waals surface area contributed by atoms with Crippen LogP contribution in [0.1, 0.15) is 41.6 Å². The molecule has 0 bridgehead atoms. The summed E-state index contributed by atoms with van der Waals surface area (Å²) >= 11 is 2.46. The summed E-state index contributed by atoms with van der Waals surface area (Å²) in [5, 5.41) is 27.9. The summed E-state index contributed by atoms with van der Waals surface area (Å²) in [5.74, 6) is 0.193. The molecule has 0 aliphatic heterocycles. The van der Waals surface area contributed by atoms with Crippen LogP contribution in [0.2, 0.25) is 0 Å². The molecule has 11 nitrogen and oxygen atoms in total. The van der Waals surface area contributed by atoms with Gasteiger partial charge in [-0.2, -0.15) is 0 Å². The number of nitrogens with one attached hydrogen (secondary N) is 2. The third-order valence-electron chi connectivity index (χ3n) is 5.55. The van der Waals surface area contributed by atoms with Crippen LogP contribution in [0.3, 0.4) is 0 Å². The molecule has 1 atom stereocenters. The van der Waals surface area contributed by atoms with Gasteiger partial charge in [-0.15, -0.1) is 21.5 Å². The van der Waals surface area contributed by atoms with E-state index in [1.54, 1.807) is 29.6 Å². The highest BCUT2D eigenvalue weighted by Crippen LogP contribution is 2.28. The van der Waals surface area contributed by atoms with E-state index in [9.17, 15) is 19.7 Å². The van der Waals surface area contributed by atoms with Gasteiger partial charge in [0.25, 0.3) is 11.6 Å². The maximum atomic E-state index is 12.6. The highest BCUT2D eigenvalue weighted by Gasteiger charge is 2.20. The molecule has 0 unspecified atom stereocenters. The topological polar surface area (TPSA) is 145 Å². The minimum Gasteiger partial charge on any atom is -0.342 e. The summed E-state index contributed by atoms with van der Waals surface area (Å²) in [6.45, 7) is 6.31. The maximum Gasteiger partial charge on any atom is 0.270 e. The van der Waals surface area contributed by atoms with Gasteiger partial charge in [-0.05, 0) is 32.9 Å². The van der Waals surface area contributed by atoms with Crippen LogP contribution in [0.15, 0.2) is 59.1 Å². The molecule has 2 aromatic carbocycles. The lowest BCUT2D eigenvalue weighted by Crippen LogP contribution is -2.28. The molecule has 0 aliphatic carbocycles. The Hall–Kier alpha value is -4.10. The predicted octanol–water partition coefficient (Wildman–Crippen LogP) is 4.86. The van der Waals surface area contributed by atoms with Crippen molar-refractivity contribution in [3.63, 3.8) is 0 Å². The average molecular weight is 552 g/mol. The van der Waals surface area contributed by atoms with Gasteiger partial charge in [-0.1, -0.05) is 41.6 Å². The maximum absolute atomic E-state index is 12.6. The van der Waals surface area contributed by atoms with Crippen LogP contribution in [-0.4, -0.2) is 42.2 Å². The Morgan fingerprint density at radius 2 is 1.95 bits per heavy atom. The molecule has 0 spiro atoms. The summed E-state index contributed by atoms with van der Waals surface area (Å²) in [6.07, 6.45) is 0. The molecule has 4 aromatic rings. The van der Waals surface area contributed by atoms with E-state index >= 15 is 0 Å². The quantitative estimate of drug-likeness (QED) is 0.161. The first-order valence-corrected chi connectivity index (χ1v) is 13.5. The predicted molar refractivity (Wildman–Crippen MR) is 146 cm³/mol. The van der Waals surface area contributed by atoms with Gasteiger partial charge in [0.15, 0.2) is 16.1 Å². The first-order chi connectivity index (χ1) is 18.2. The standard InChI is InChI=1S/C25H25N7O4S2/c1-4-31-22(16(3)26-23(34)17-10-8-15(2)9-11-17)29-30-25(31)38-14-21(33)28-24-27-20(13-37-24)18-6-5-7-19(12-18)32(35)36/h5-13,16H,4,14H2,1-3H3,(H,26,34)(H,27,28,33)/t16-/m1/s1. The van der Waals surface area contributed by atoms with Gasteiger partial charge in [0, 0.05) is 35.2 Å². The fraction of sp³-hybridized carbons (Fsp3) is 0.240. The lowest BCUT2D eigenvalue weighted by molar-refractivity contribution is -0.384. The number of nitro benzene ring substituents is 1. The van der Waals surface area contributed by atoms with E-state index in [0.29, 0.717) is 39.5 Å². The van der Waals surface area contributed by atoms with Crippen LogP contribution in [-0.2, 0) is 11.3 Å². The summed E-state index contributed by atoms with van der Waals surface area (Å²) in [5.41, 5.74) is 2.74. The normalized spacial score (nSPS) is 11.7. The number of hydrogen-bond donors (Lipinski definition) is 2. The number of carbonyl (C=O) groups is 2. The number of non-ortho nitro benzene ring substituents is 1. The van der Waals surface area contributed by atoms with E-state index in [4.69, 9.17) is 0 Å². The molecule has 0 saturated carbocycles. The van der Waals surface area contributed by atoms with Crippen molar-refractivity contribution in [3.05, 3.63) is 81.0 Å². The lowest BCUT2D eigenvalue weighted by atomic mass is 10.1. The Morgan fingerprint density at radius 1 is 1.18 bits per heavy atom. The van der Waals surface area contributed by atoms with Gasteiger partial charge in [0.05, 0.1) is 22.4 Å². The number of amides is 2. The number of hydrogen-bond acceptors (Lipinski definition) is 9. The Balaban J connectivity index is 1.35. The van der Waals surface area contributed by atoms with Crippen molar-refractivity contribution < 1.29 is 14.5 Å². The zero-order valence-electron chi connectivity index (χ0n) is 20.9. The molecule has 13 heteroatoms. The molecule has 0 saturated heterocycles. The minimum absolute atomic E-state index is 0.0269. The largest absolute Gasteiger partial charge is 0.342 e. The number of benzene rings is 2. The van der Waals surface area contributed by atoms with E-state index < -0.39 is 4.92 Å². The second-order valence-corrected chi connectivity index (χ2v) is 10.1. The lowest BCUT2D eigenvalue weighted by Gasteiger charge is -2.15. The molecule has 2 heterocycles. The summed E-state index contributed by atoms with van der Waals surface area (Å²) in [4.78, 5) is 40.1. The van der Waals surface area contributed by atoms with E-state index in [2.05, 4.69) is 25.8 Å². The van der Waals surface area contributed by atoms with Gasteiger partial charge in [-0.25, -0.2) is 4.98 Å². The SMILES string of the molecule is CCn1c(SCC(=O)Nc2nc(-c3cccc([N+](=O)[O-])c3)cs2)nnc1[C@@H](C)NC(=O)c1ccc(C)cc1. The fourth-order valence-corrected chi connectivity index (χ4v) is 5.15. The third-order valence-corrected chi connectivity index (χ3v) is 7.27. The molecule has 2 aromatic heterocycles. The average Bonchev–Trinajstić information content (AvgIpc) is 3.54. The molecule has 2 amide bonds. The van der Waals surface area contributed by atoms with Crippen LogP contribution in [0.4, 0.5) is 10.8 Å². The molecule has 38 heavy (non-hydrogen) atoms. The van der Waals surface area contributed by atoms with E-state index in [0.717, 1.165) is 5.56 Å². The Kier molecular flexibility index (Phi) is 8.48. The number of thiazole rings is 1. The molecular weight excluding hydrogens is 526 g/mol. The van der Waals surface area contributed by atoms with Crippen molar-refractivity contribution in [2.24, 2.45) is 0 Å². The van der Waals surface area contributed by atoms with Gasteiger partial charge in [0.2, 0.25) is 5.91 Å². The minimum atomic E-state index is -0.463. The number of rotatable bonds is 10. The van der Waals surface area contributed by atoms with Crippen LogP contribution < -0.4 is 10.6 Å². The van der Waals surface area contributed by atoms with Gasteiger partial charge in [-0.3, -0.25) is 19.7 Å². The highest BCUT2D eigenvalue weighted by molar-refractivity contribution is 7.99. The number of nitrogens with zero attached hydrogens (tertiary/aromatic N) is 5. The van der Waals surface area contributed by atoms with Crippen molar-refractivity contribution in [1.29, 1.82) is 0 Å². The molecule has 0 fully saturated rings. The van der Waals surface area contributed by atoms with E-state index in [1.807, 2.05) is 37.5 Å². The van der Waals surface area contributed by atoms with Crippen LogP contribution in [0, 0.1) is 17.0 Å². The zero-order valence-corrected chi connectivity index (χ0v) is 22.5. The van der Waals surface area contributed by atoms with Gasteiger partial charge in [0.1, 0.15) is 0 Å². The Labute approximate surface area is 226 Å². The Bertz CT molecular complexity index is 1470. The van der Waals surface area contributed by atoms with E-state index in [-0.39, 0.29) is 29.3 Å². The summed E-state index contributed by atoms with van der Waals surface area (Å²) in [7, 11) is 0. The van der Waals surface area contributed by atoms with Crippen molar-refractivity contribution in [2.75, 3.05) is 11.1 Å². The Morgan fingerprint density at radius 3 is 2.66 bits per heavy atom. The number of carbonyl (C=O) groups excluding carboxylic acids is 2. The summed E-state index contributed by atoms with van der Waals surface area (Å²) < 4.78 is 1.86. The molecule has 2 N–H and O–H groups in total. The van der Waals surface area contributed by atoms with Crippen LogP contribution in [0.5, 0.6) is 0 Å². The van der Waals surface area contributed by atoms with Crippen molar-refractivity contribution in [2.45, 2.75) is 38.5 Å². The smallest absolute Gasteiger partial charge is 0.270 e. The molecule has 0 aliphatic rings. The monoisotopic (exact) mass is 551 g/mol.